The largest absolute Gasteiger partial charge is 0.272 e. The molecule has 1 N–H and O–H groups in total. The number of hydrogen-bond acceptors (Lipinski definition) is 3. The molecule has 0 radical (unpaired) electrons. The van der Waals surface area contributed by atoms with Crippen molar-refractivity contribution in [2.24, 2.45) is 5.10 Å². The van der Waals surface area contributed by atoms with Gasteiger partial charge in [0.2, 0.25) is 5.91 Å². The first kappa shape index (κ1) is 15.5. The number of hydrogen-bond donors (Lipinski definition) is 1. The molecule has 2 aromatic carbocycles. The van der Waals surface area contributed by atoms with Crippen molar-refractivity contribution in [1.29, 1.82) is 0 Å². The van der Waals surface area contributed by atoms with E-state index in [-0.39, 0.29) is 17.5 Å². The second-order valence-corrected chi connectivity index (χ2v) is 5.46. The van der Waals surface area contributed by atoms with Crippen LogP contribution in [-0.4, -0.2) is 17.9 Å². The second kappa shape index (κ2) is 7.81. The van der Waals surface area contributed by atoms with E-state index in [0.29, 0.717) is 15.5 Å². The highest BCUT2D eigenvalue weighted by atomic mass is 35.5. The van der Waals surface area contributed by atoms with Crippen LogP contribution in [0, 0.1) is 5.82 Å². The van der Waals surface area contributed by atoms with Crippen LogP contribution >= 0.6 is 23.4 Å². The molecule has 0 atom stereocenters. The Balaban J connectivity index is 1.83. The fourth-order valence-electron chi connectivity index (χ4n) is 1.49. The monoisotopic (exact) mass is 322 g/mol. The first-order valence-electron chi connectivity index (χ1n) is 6.10. The number of rotatable bonds is 5. The molecule has 2 rings (SSSR count). The molecule has 0 fully saturated rings. The van der Waals surface area contributed by atoms with Gasteiger partial charge in [0, 0.05) is 15.5 Å². The fourth-order valence-corrected chi connectivity index (χ4v) is 2.41. The van der Waals surface area contributed by atoms with Crippen LogP contribution in [-0.2, 0) is 4.79 Å². The minimum Gasteiger partial charge on any atom is -0.272 e. The van der Waals surface area contributed by atoms with Crippen LogP contribution in [0.4, 0.5) is 4.39 Å². The van der Waals surface area contributed by atoms with E-state index in [2.05, 4.69) is 10.5 Å². The van der Waals surface area contributed by atoms with E-state index in [1.165, 1.54) is 12.3 Å². The third-order valence-electron chi connectivity index (χ3n) is 2.49. The SMILES string of the molecule is O=C(CSc1ccccc1F)N/N=C/c1ccccc1Cl. The number of halogens is 2. The van der Waals surface area contributed by atoms with Crippen molar-refractivity contribution in [3.8, 4) is 0 Å². The molecule has 0 aliphatic carbocycles. The molecule has 0 saturated heterocycles. The summed E-state index contributed by atoms with van der Waals surface area (Å²) in [4.78, 5) is 12.0. The zero-order valence-corrected chi connectivity index (χ0v) is 12.5. The van der Waals surface area contributed by atoms with Gasteiger partial charge in [-0.05, 0) is 18.2 Å². The first-order chi connectivity index (χ1) is 10.2. The Morgan fingerprint density at radius 2 is 1.95 bits per heavy atom. The number of carbonyl (C=O) groups excluding carboxylic acids is 1. The third-order valence-corrected chi connectivity index (χ3v) is 3.89. The van der Waals surface area contributed by atoms with Gasteiger partial charge in [-0.3, -0.25) is 4.79 Å². The molecule has 1 amide bonds. The van der Waals surface area contributed by atoms with E-state index in [1.54, 1.807) is 30.3 Å². The lowest BCUT2D eigenvalue weighted by atomic mass is 10.2. The number of hydrazone groups is 1. The van der Waals surface area contributed by atoms with Gasteiger partial charge in [0.05, 0.1) is 12.0 Å². The van der Waals surface area contributed by atoms with Crippen molar-refractivity contribution in [1.82, 2.24) is 5.43 Å². The Morgan fingerprint density at radius 3 is 2.71 bits per heavy atom. The van der Waals surface area contributed by atoms with Gasteiger partial charge < -0.3 is 0 Å². The molecule has 6 heteroatoms. The molecule has 0 saturated carbocycles. The summed E-state index contributed by atoms with van der Waals surface area (Å²) in [5.41, 5.74) is 3.09. The molecule has 0 unspecified atom stereocenters. The van der Waals surface area contributed by atoms with Gasteiger partial charge in [0.25, 0.3) is 0 Å². The summed E-state index contributed by atoms with van der Waals surface area (Å²) < 4.78 is 13.4. The second-order valence-electron chi connectivity index (χ2n) is 4.03. The van der Waals surface area contributed by atoms with Crippen LogP contribution < -0.4 is 5.43 Å². The number of amides is 1. The number of nitrogens with zero attached hydrogens (tertiary/aromatic N) is 1. The molecule has 3 nitrogen and oxygen atoms in total. The minimum atomic E-state index is -0.338. The third kappa shape index (κ3) is 4.88. The van der Waals surface area contributed by atoms with Gasteiger partial charge in [0.15, 0.2) is 0 Å². The lowest BCUT2D eigenvalue weighted by Gasteiger charge is -2.02. The van der Waals surface area contributed by atoms with Gasteiger partial charge in [0.1, 0.15) is 5.82 Å². The maximum Gasteiger partial charge on any atom is 0.250 e. The van der Waals surface area contributed by atoms with Gasteiger partial charge in [-0.1, -0.05) is 41.9 Å². The molecular weight excluding hydrogens is 311 g/mol. The predicted octanol–water partition coefficient (Wildman–Crippen LogP) is 3.72. The van der Waals surface area contributed by atoms with Crippen LogP contribution in [0.25, 0.3) is 0 Å². The van der Waals surface area contributed by atoms with E-state index in [0.717, 1.165) is 11.8 Å². The standard InChI is InChI=1S/C15H12ClFN2OS/c16-12-6-2-1-5-11(12)9-18-19-15(20)10-21-14-8-4-3-7-13(14)17/h1-9H,10H2,(H,19,20)/b18-9+. The molecule has 0 aliphatic rings. The predicted molar refractivity (Wildman–Crippen MR) is 84.3 cm³/mol. The van der Waals surface area contributed by atoms with Crippen LogP contribution in [0.1, 0.15) is 5.56 Å². The summed E-state index contributed by atoms with van der Waals surface area (Å²) in [7, 11) is 0. The van der Waals surface area contributed by atoms with Gasteiger partial charge in [-0.25, -0.2) is 9.82 Å². The van der Waals surface area contributed by atoms with Crippen molar-refractivity contribution in [3.63, 3.8) is 0 Å². The number of thioether (sulfide) groups is 1. The lowest BCUT2D eigenvalue weighted by molar-refractivity contribution is -0.118. The number of nitrogens with one attached hydrogen (secondary N) is 1. The van der Waals surface area contributed by atoms with Crippen molar-refractivity contribution >= 4 is 35.5 Å². The first-order valence-corrected chi connectivity index (χ1v) is 7.47. The van der Waals surface area contributed by atoms with Crippen molar-refractivity contribution in [2.45, 2.75) is 4.90 Å². The molecule has 21 heavy (non-hydrogen) atoms. The maximum absolute atomic E-state index is 13.4. The quantitative estimate of drug-likeness (QED) is 0.518. The smallest absolute Gasteiger partial charge is 0.250 e. The normalized spacial score (nSPS) is 10.8. The van der Waals surface area contributed by atoms with Crippen LogP contribution in [0.15, 0.2) is 58.5 Å². The Morgan fingerprint density at radius 1 is 1.24 bits per heavy atom. The topological polar surface area (TPSA) is 41.5 Å². The van der Waals surface area contributed by atoms with Crippen LogP contribution in [0.5, 0.6) is 0 Å². The molecule has 0 heterocycles. The highest BCUT2D eigenvalue weighted by Gasteiger charge is 2.05. The zero-order valence-electron chi connectivity index (χ0n) is 10.9. The summed E-state index contributed by atoms with van der Waals surface area (Å²) in [5.74, 6) is -0.567. The van der Waals surface area contributed by atoms with E-state index >= 15 is 0 Å². The Labute approximate surface area is 131 Å². The van der Waals surface area contributed by atoms with Crippen LogP contribution in [0.3, 0.4) is 0 Å². The molecule has 0 spiro atoms. The molecule has 0 bridgehead atoms. The molecule has 0 aliphatic heterocycles. The fraction of sp³-hybridized carbons (Fsp3) is 0.0667. The van der Waals surface area contributed by atoms with Gasteiger partial charge >= 0.3 is 0 Å². The highest BCUT2D eigenvalue weighted by molar-refractivity contribution is 8.00. The van der Waals surface area contributed by atoms with E-state index in [1.807, 2.05) is 12.1 Å². The summed E-state index contributed by atoms with van der Waals surface area (Å²) in [6.07, 6.45) is 1.47. The molecular formula is C15H12ClFN2OS. The van der Waals surface area contributed by atoms with Crippen LogP contribution in [0.2, 0.25) is 5.02 Å². The Kier molecular flexibility index (Phi) is 5.78. The van der Waals surface area contributed by atoms with Crippen molar-refractivity contribution < 1.29 is 9.18 Å². The lowest BCUT2D eigenvalue weighted by Crippen LogP contribution is -2.19. The highest BCUT2D eigenvalue weighted by Crippen LogP contribution is 2.20. The minimum absolute atomic E-state index is 0.0841. The number of benzene rings is 2. The number of carbonyl (C=O) groups is 1. The van der Waals surface area contributed by atoms with Crippen molar-refractivity contribution in [3.05, 3.63) is 64.9 Å². The average Bonchev–Trinajstić information content (AvgIpc) is 2.48. The summed E-state index contributed by atoms with van der Waals surface area (Å²) in [5, 5.41) is 4.37. The molecule has 108 valence electrons. The molecule has 0 aromatic heterocycles. The van der Waals surface area contributed by atoms with E-state index < -0.39 is 0 Å². The average molecular weight is 323 g/mol. The van der Waals surface area contributed by atoms with Gasteiger partial charge in [-0.2, -0.15) is 5.10 Å². The Bertz CT molecular complexity index is 664. The van der Waals surface area contributed by atoms with Gasteiger partial charge in [-0.15, -0.1) is 11.8 Å². The van der Waals surface area contributed by atoms with E-state index in [9.17, 15) is 9.18 Å². The zero-order chi connectivity index (χ0) is 15.1. The summed E-state index contributed by atoms with van der Waals surface area (Å²) >= 11 is 7.07. The van der Waals surface area contributed by atoms with E-state index in [4.69, 9.17) is 11.6 Å². The summed E-state index contributed by atoms with van der Waals surface area (Å²) in [6, 6.07) is 13.5. The molecule has 2 aromatic rings. The maximum atomic E-state index is 13.4. The van der Waals surface area contributed by atoms with Crippen molar-refractivity contribution in [2.75, 3.05) is 5.75 Å². The Hall–Kier alpha value is -1.85. The summed E-state index contributed by atoms with van der Waals surface area (Å²) in [6.45, 7) is 0.